The number of fused-ring (bicyclic) bond motifs is 1. The van der Waals surface area contributed by atoms with Crippen LogP contribution in [0, 0.1) is 12.7 Å². The first-order valence-corrected chi connectivity index (χ1v) is 9.90. The number of carbonyl (C=O) groups excluding carboxylic acids is 2. The van der Waals surface area contributed by atoms with Gasteiger partial charge in [-0.05, 0) is 36.9 Å². The molecule has 32 heavy (non-hydrogen) atoms. The number of nitrogen functional groups attached to an aromatic ring is 2. The zero-order valence-electron chi connectivity index (χ0n) is 17.9. The van der Waals surface area contributed by atoms with Gasteiger partial charge in [-0.15, -0.1) is 0 Å². The van der Waals surface area contributed by atoms with Gasteiger partial charge in [-0.2, -0.15) is 0 Å². The molecule has 1 atom stereocenters. The molecule has 10 heteroatoms. The Bertz CT molecular complexity index is 1260. The highest BCUT2D eigenvalue weighted by Gasteiger charge is 2.41. The molecule has 4 rings (SSSR count). The van der Waals surface area contributed by atoms with Gasteiger partial charge in [0, 0.05) is 36.0 Å². The van der Waals surface area contributed by atoms with Crippen molar-refractivity contribution in [2.24, 2.45) is 0 Å². The first-order valence-electron chi connectivity index (χ1n) is 9.90. The summed E-state index contributed by atoms with van der Waals surface area (Å²) in [6.07, 6.45) is 3.76. The number of nitrogens with two attached hydrogens (primary N) is 2. The third-order valence-corrected chi connectivity index (χ3v) is 5.64. The number of nitrogens with one attached hydrogen (secondary N) is 1. The summed E-state index contributed by atoms with van der Waals surface area (Å²) in [6, 6.07) is 3.17. The van der Waals surface area contributed by atoms with E-state index in [1.54, 1.807) is 33.0 Å². The zero-order chi connectivity index (χ0) is 23.2. The minimum Gasteiger partial charge on any atom is -0.441 e. The number of ether oxygens (including phenoxy) is 1. The van der Waals surface area contributed by atoms with Gasteiger partial charge in [-0.25, -0.2) is 14.2 Å². The molecule has 1 saturated heterocycles. The van der Waals surface area contributed by atoms with Crippen molar-refractivity contribution in [3.05, 3.63) is 42.1 Å². The number of amides is 2. The summed E-state index contributed by atoms with van der Waals surface area (Å²) in [6.45, 7) is 3.77. The number of hydrogen-bond acceptors (Lipinski definition) is 7. The van der Waals surface area contributed by atoms with Gasteiger partial charge in [0.05, 0.1) is 30.5 Å². The lowest BCUT2D eigenvalue weighted by Gasteiger charge is -2.23. The second kappa shape index (κ2) is 7.63. The third-order valence-electron chi connectivity index (χ3n) is 5.64. The van der Waals surface area contributed by atoms with E-state index in [0.29, 0.717) is 34.1 Å². The lowest BCUT2D eigenvalue weighted by atomic mass is 9.97. The molecule has 0 radical (unpaired) electrons. The average Bonchev–Trinajstić information content (AvgIpc) is 2.97. The maximum atomic E-state index is 15.0. The standard InChI is InChI=1S/C22H23FN6O3/c1-11-14(7-26-9-16(11)24)13-4-12-5-17(27-8-15(12)20(25)19(13)23)28-21(31)32-22(2)6-18(30)29(3)10-22/h4-5,7-9H,6,10,24-25H2,1-3H3,(H,27,28,31). The third kappa shape index (κ3) is 3.75. The fourth-order valence-electron chi connectivity index (χ4n) is 3.90. The van der Waals surface area contributed by atoms with Crippen molar-refractivity contribution in [3.63, 3.8) is 0 Å². The fourth-order valence-corrected chi connectivity index (χ4v) is 3.90. The minimum atomic E-state index is -0.925. The van der Waals surface area contributed by atoms with Crippen LogP contribution in [-0.4, -0.2) is 46.1 Å². The van der Waals surface area contributed by atoms with E-state index >= 15 is 4.39 Å². The Morgan fingerprint density at radius 1 is 1.25 bits per heavy atom. The van der Waals surface area contributed by atoms with Gasteiger partial charge in [0.2, 0.25) is 5.91 Å². The number of likely N-dealkylation sites (tertiary alicyclic amines) is 1. The molecule has 1 aliphatic heterocycles. The SMILES string of the molecule is Cc1c(N)cncc1-c1cc2cc(NC(=O)OC3(C)CC(=O)N(C)C3)ncc2c(N)c1F. The molecule has 1 fully saturated rings. The summed E-state index contributed by atoms with van der Waals surface area (Å²) in [4.78, 5) is 33.9. The van der Waals surface area contributed by atoms with Gasteiger partial charge >= 0.3 is 6.09 Å². The van der Waals surface area contributed by atoms with E-state index in [1.807, 2.05) is 0 Å². The number of hydrogen-bond donors (Lipinski definition) is 3. The molecule has 3 heterocycles. The number of nitrogens with zero attached hydrogens (tertiary/aromatic N) is 3. The first kappa shape index (κ1) is 21.3. The van der Waals surface area contributed by atoms with Crippen LogP contribution in [0.25, 0.3) is 21.9 Å². The predicted octanol–water partition coefficient (Wildman–Crippen LogP) is 3.08. The van der Waals surface area contributed by atoms with Crippen molar-refractivity contribution in [1.29, 1.82) is 0 Å². The molecule has 2 aromatic heterocycles. The van der Waals surface area contributed by atoms with Gasteiger partial charge in [-0.3, -0.25) is 15.1 Å². The summed E-state index contributed by atoms with van der Waals surface area (Å²) in [5.74, 6) is -0.499. The highest BCUT2D eigenvalue weighted by Crippen LogP contribution is 2.36. The smallest absolute Gasteiger partial charge is 0.413 e. The number of aromatic nitrogens is 2. The minimum absolute atomic E-state index is 0.0685. The Hall–Kier alpha value is -3.95. The van der Waals surface area contributed by atoms with Crippen molar-refractivity contribution in [2.75, 3.05) is 30.4 Å². The summed E-state index contributed by atoms with van der Waals surface area (Å²) in [5, 5.41) is 3.52. The quantitative estimate of drug-likeness (QED) is 0.535. The van der Waals surface area contributed by atoms with Crippen LogP contribution in [0.15, 0.2) is 30.7 Å². The van der Waals surface area contributed by atoms with E-state index in [4.69, 9.17) is 16.2 Å². The summed E-state index contributed by atoms with van der Waals surface area (Å²) < 4.78 is 20.5. The molecule has 1 unspecified atom stereocenters. The summed E-state index contributed by atoms with van der Waals surface area (Å²) in [5.41, 5.74) is 12.8. The Balaban J connectivity index is 1.65. The molecule has 2 amide bonds. The molecule has 0 saturated carbocycles. The van der Waals surface area contributed by atoms with Crippen LogP contribution in [0.2, 0.25) is 0 Å². The monoisotopic (exact) mass is 438 g/mol. The molecule has 0 bridgehead atoms. The Morgan fingerprint density at radius 2 is 2.00 bits per heavy atom. The van der Waals surface area contributed by atoms with E-state index in [-0.39, 0.29) is 29.4 Å². The van der Waals surface area contributed by atoms with Crippen molar-refractivity contribution in [3.8, 4) is 11.1 Å². The van der Waals surface area contributed by atoms with Gasteiger partial charge in [-0.1, -0.05) is 0 Å². The lowest BCUT2D eigenvalue weighted by Crippen LogP contribution is -2.36. The zero-order valence-corrected chi connectivity index (χ0v) is 17.9. The van der Waals surface area contributed by atoms with Gasteiger partial charge in [0.25, 0.3) is 0 Å². The Labute approximate surface area is 183 Å². The highest BCUT2D eigenvalue weighted by molar-refractivity contribution is 5.99. The molecule has 5 N–H and O–H groups in total. The normalized spacial score (nSPS) is 18.2. The molecule has 3 aromatic rings. The van der Waals surface area contributed by atoms with Gasteiger partial charge < -0.3 is 21.1 Å². The second-order valence-electron chi connectivity index (χ2n) is 8.23. The molecule has 1 aliphatic rings. The van der Waals surface area contributed by atoms with E-state index in [0.717, 1.165) is 0 Å². The molecule has 0 spiro atoms. The average molecular weight is 438 g/mol. The van der Waals surface area contributed by atoms with Crippen LogP contribution >= 0.6 is 0 Å². The Morgan fingerprint density at radius 3 is 2.69 bits per heavy atom. The maximum Gasteiger partial charge on any atom is 0.413 e. The molecule has 0 aliphatic carbocycles. The lowest BCUT2D eigenvalue weighted by molar-refractivity contribution is -0.126. The largest absolute Gasteiger partial charge is 0.441 e. The van der Waals surface area contributed by atoms with Crippen LogP contribution in [0.3, 0.4) is 0 Å². The van der Waals surface area contributed by atoms with Gasteiger partial charge in [0.1, 0.15) is 11.4 Å². The van der Waals surface area contributed by atoms with Crippen LogP contribution in [0.4, 0.5) is 26.4 Å². The first-order chi connectivity index (χ1) is 15.1. The van der Waals surface area contributed by atoms with Crippen molar-refractivity contribution in [2.45, 2.75) is 25.9 Å². The topological polar surface area (TPSA) is 136 Å². The number of anilines is 3. The molecule has 1 aromatic carbocycles. The van der Waals surface area contributed by atoms with Crippen molar-refractivity contribution >= 4 is 40.0 Å². The summed E-state index contributed by atoms with van der Waals surface area (Å²) in [7, 11) is 1.65. The number of halogens is 1. The molecular weight excluding hydrogens is 415 g/mol. The number of pyridine rings is 2. The Kier molecular flexibility index (Phi) is 5.08. The van der Waals surface area contributed by atoms with Crippen LogP contribution in [0.5, 0.6) is 0 Å². The van der Waals surface area contributed by atoms with Crippen molar-refractivity contribution in [1.82, 2.24) is 14.9 Å². The number of benzene rings is 1. The molecule has 9 nitrogen and oxygen atoms in total. The summed E-state index contributed by atoms with van der Waals surface area (Å²) >= 11 is 0. The van der Waals surface area contributed by atoms with E-state index < -0.39 is 17.5 Å². The second-order valence-corrected chi connectivity index (χ2v) is 8.23. The number of rotatable bonds is 3. The number of likely N-dealkylation sites (N-methyl/N-ethyl adjacent to an activating group) is 1. The van der Waals surface area contributed by atoms with Gasteiger partial charge in [0.15, 0.2) is 5.82 Å². The predicted molar refractivity (Wildman–Crippen MR) is 119 cm³/mol. The van der Waals surface area contributed by atoms with E-state index in [2.05, 4.69) is 15.3 Å². The van der Waals surface area contributed by atoms with E-state index in [1.165, 1.54) is 23.5 Å². The maximum absolute atomic E-state index is 15.0. The van der Waals surface area contributed by atoms with Crippen molar-refractivity contribution < 1.29 is 18.7 Å². The highest BCUT2D eigenvalue weighted by atomic mass is 19.1. The molecular formula is C22H23FN6O3. The molecule has 166 valence electrons. The van der Waals surface area contributed by atoms with Crippen LogP contribution < -0.4 is 16.8 Å². The van der Waals surface area contributed by atoms with E-state index in [9.17, 15) is 9.59 Å². The van der Waals surface area contributed by atoms with Crippen LogP contribution in [-0.2, 0) is 9.53 Å². The van der Waals surface area contributed by atoms with Crippen LogP contribution in [0.1, 0.15) is 18.9 Å². The fraction of sp³-hybridized carbons (Fsp3) is 0.273. The number of carbonyl (C=O) groups is 2.